The van der Waals surface area contributed by atoms with Crippen molar-refractivity contribution in [2.75, 3.05) is 12.3 Å². The molecule has 0 aliphatic heterocycles. The van der Waals surface area contributed by atoms with Crippen LogP contribution in [0.25, 0.3) is 0 Å². The lowest BCUT2D eigenvalue weighted by Crippen LogP contribution is -2.27. The van der Waals surface area contributed by atoms with Crippen molar-refractivity contribution in [1.29, 1.82) is 0 Å². The standard InChI is InChI=1S/C14H15ClN2O3S2/c15-12-3-1-2-4-13(12)22(19,20)8-6-14(18)16-7-5-11-9-21-10-17-11/h1-4,9-10H,5-8H2,(H,16,18). The number of thiazole rings is 1. The molecule has 1 amide bonds. The van der Waals surface area contributed by atoms with E-state index in [1.807, 2.05) is 5.38 Å². The average molecular weight is 359 g/mol. The molecule has 8 heteroatoms. The number of nitrogens with zero attached hydrogens (tertiary/aromatic N) is 1. The molecule has 2 aromatic rings. The molecule has 0 atom stereocenters. The van der Waals surface area contributed by atoms with Crippen LogP contribution in [0.1, 0.15) is 12.1 Å². The smallest absolute Gasteiger partial charge is 0.221 e. The first-order valence-electron chi connectivity index (χ1n) is 6.60. The van der Waals surface area contributed by atoms with E-state index >= 15 is 0 Å². The van der Waals surface area contributed by atoms with E-state index in [0.29, 0.717) is 13.0 Å². The Morgan fingerprint density at radius 2 is 2.09 bits per heavy atom. The maximum absolute atomic E-state index is 12.1. The summed E-state index contributed by atoms with van der Waals surface area (Å²) in [5.41, 5.74) is 2.64. The van der Waals surface area contributed by atoms with Gasteiger partial charge in [-0.3, -0.25) is 4.79 Å². The molecular weight excluding hydrogens is 344 g/mol. The van der Waals surface area contributed by atoms with Gasteiger partial charge in [-0.15, -0.1) is 11.3 Å². The predicted octanol–water partition coefficient (Wildman–Crippen LogP) is 2.32. The highest BCUT2D eigenvalue weighted by Crippen LogP contribution is 2.22. The molecule has 0 fully saturated rings. The monoisotopic (exact) mass is 358 g/mol. The quantitative estimate of drug-likeness (QED) is 0.824. The number of carbonyl (C=O) groups excluding carboxylic acids is 1. The van der Waals surface area contributed by atoms with Crippen molar-refractivity contribution in [3.05, 3.63) is 45.9 Å². The lowest BCUT2D eigenvalue weighted by molar-refractivity contribution is -0.120. The van der Waals surface area contributed by atoms with Crippen LogP contribution in [0.3, 0.4) is 0 Å². The fraction of sp³-hybridized carbons (Fsp3) is 0.286. The van der Waals surface area contributed by atoms with Crippen LogP contribution < -0.4 is 5.32 Å². The Balaban J connectivity index is 1.81. The van der Waals surface area contributed by atoms with Gasteiger partial charge in [0.1, 0.15) is 0 Å². The van der Waals surface area contributed by atoms with Crippen molar-refractivity contribution >= 4 is 38.7 Å². The van der Waals surface area contributed by atoms with E-state index < -0.39 is 9.84 Å². The fourth-order valence-corrected chi connectivity index (χ4v) is 4.22. The number of sulfone groups is 1. The zero-order valence-corrected chi connectivity index (χ0v) is 14.0. The summed E-state index contributed by atoms with van der Waals surface area (Å²) in [5, 5.41) is 4.77. The second-order valence-corrected chi connectivity index (χ2v) is 7.78. The van der Waals surface area contributed by atoms with Gasteiger partial charge in [-0.25, -0.2) is 13.4 Å². The molecule has 1 N–H and O–H groups in total. The summed E-state index contributed by atoms with van der Waals surface area (Å²) in [7, 11) is -3.56. The highest BCUT2D eigenvalue weighted by molar-refractivity contribution is 7.91. The zero-order valence-electron chi connectivity index (χ0n) is 11.7. The summed E-state index contributed by atoms with van der Waals surface area (Å²) in [6, 6.07) is 6.22. The molecule has 22 heavy (non-hydrogen) atoms. The van der Waals surface area contributed by atoms with E-state index in [-0.39, 0.29) is 28.0 Å². The number of amides is 1. The normalized spacial score (nSPS) is 11.3. The second kappa shape index (κ2) is 7.71. The van der Waals surface area contributed by atoms with E-state index in [1.54, 1.807) is 17.6 Å². The Kier molecular flexibility index (Phi) is 5.93. The SMILES string of the molecule is O=C(CCS(=O)(=O)c1ccccc1Cl)NCCc1cscn1. The molecule has 1 aromatic carbocycles. The van der Waals surface area contributed by atoms with Crippen LogP contribution in [-0.4, -0.2) is 31.6 Å². The highest BCUT2D eigenvalue weighted by atomic mass is 35.5. The molecule has 118 valence electrons. The second-order valence-electron chi connectivity index (χ2n) is 4.58. The summed E-state index contributed by atoms with van der Waals surface area (Å²) in [4.78, 5) is 15.9. The van der Waals surface area contributed by atoms with Gasteiger partial charge >= 0.3 is 0 Å². The van der Waals surface area contributed by atoms with E-state index in [9.17, 15) is 13.2 Å². The molecule has 0 spiro atoms. The molecule has 1 heterocycles. The fourth-order valence-electron chi connectivity index (χ4n) is 1.81. The van der Waals surface area contributed by atoms with Crippen LogP contribution in [0, 0.1) is 0 Å². The minimum atomic E-state index is -3.56. The van der Waals surface area contributed by atoms with Crippen LogP contribution in [0.2, 0.25) is 5.02 Å². The lowest BCUT2D eigenvalue weighted by Gasteiger charge is -2.07. The first kappa shape index (κ1) is 16.9. The topological polar surface area (TPSA) is 76.1 Å². The van der Waals surface area contributed by atoms with Crippen molar-refractivity contribution in [2.24, 2.45) is 0 Å². The third-order valence-corrected chi connectivity index (χ3v) is 5.80. The number of benzene rings is 1. The van der Waals surface area contributed by atoms with Gasteiger partial charge in [0.05, 0.1) is 26.9 Å². The van der Waals surface area contributed by atoms with E-state index in [2.05, 4.69) is 10.3 Å². The first-order valence-corrected chi connectivity index (χ1v) is 9.57. The maximum Gasteiger partial charge on any atom is 0.221 e. The molecule has 2 rings (SSSR count). The van der Waals surface area contributed by atoms with Crippen molar-refractivity contribution in [1.82, 2.24) is 10.3 Å². The Morgan fingerprint density at radius 1 is 1.32 bits per heavy atom. The number of aromatic nitrogens is 1. The minimum absolute atomic E-state index is 0.0620. The van der Waals surface area contributed by atoms with Crippen molar-refractivity contribution in [2.45, 2.75) is 17.7 Å². The molecular formula is C14H15ClN2O3S2. The summed E-state index contributed by atoms with van der Waals surface area (Å²) in [5.74, 6) is -0.565. The van der Waals surface area contributed by atoms with Gasteiger partial charge < -0.3 is 5.32 Å². The van der Waals surface area contributed by atoms with Gasteiger partial charge in [0.25, 0.3) is 0 Å². The van der Waals surface area contributed by atoms with Crippen LogP contribution >= 0.6 is 22.9 Å². The van der Waals surface area contributed by atoms with Gasteiger partial charge in [-0.2, -0.15) is 0 Å². The van der Waals surface area contributed by atoms with Crippen LogP contribution in [0.4, 0.5) is 0 Å². The molecule has 0 bridgehead atoms. The van der Waals surface area contributed by atoms with Gasteiger partial charge in [0.15, 0.2) is 9.84 Å². The molecule has 0 aliphatic carbocycles. The number of carbonyl (C=O) groups is 1. The van der Waals surface area contributed by atoms with Gasteiger partial charge in [0.2, 0.25) is 5.91 Å². The third-order valence-electron chi connectivity index (χ3n) is 2.96. The van der Waals surface area contributed by atoms with Gasteiger partial charge in [0, 0.05) is 24.8 Å². The number of nitrogens with one attached hydrogen (secondary N) is 1. The number of halogens is 1. The summed E-state index contributed by atoms with van der Waals surface area (Å²) in [6.07, 6.45) is 0.539. The molecule has 1 aromatic heterocycles. The Morgan fingerprint density at radius 3 is 2.77 bits per heavy atom. The number of rotatable bonds is 7. The summed E-state index contributed by atoms with van der Waals surface area (Å²) >= 11 is 7.37. The molecule has 0 unspecified atom stereocenters. The van der Waals surface area contributed by atoms with Gasteiger partial charge in [-0.1, -0.05) is 23.7 Å². The van der Waals surface area contributed by atoms with Crippen LogP contribution in [-0.2, 0) is 21.1 Å². The largest absolute Gasteiger partial charge is 0.356 e. The Labute approximate surface area is 138 Å². The lowest BCUT2D eigenvalue weighted by atomic mass is 10.3. The van der Waals surface area contributed by atoms with E-state index in [0.717, 1.165) is 5.69 Å². The molecule has 0 radical (unpaired) electrons. The van der Waals surface area contributed by atoms with Crippen molar-refractivity contribution < 1.29 is 13.2 Å². The third kappa shape index (κ3) is 4.79. The van der Waals surface area contributed by atoms with Gasteiger partial charge in [-0.05, 0) is 12.1 Å². The Bertz CT molecular complexity index is 730. The highest BCUT2D eigenvalue weighted by Gasteiger charge is 2.19. The maximum atomic E-state index is 12.1. The molecule has 0 saturated carbocycles. The summed E-state index contributed by atoms with van der Waals surface area (Å²) < 4.78 is 24.3. The van der Waals surface area contributed by atoms with Crippen LogP contribution in [0.15, 0.2) is 40.1 Å². The predicted molar refractivity (Wildman–Crippen MR) is 86.9 cm³/mol. The summed E-state index contributed by atoms with van der Waals surface area (Å²) in [6.45, 7) is 0.439. The van der Waals surface area contributed by atoms with Crippen LogP contribution in [0.5, 0.6) is 0 Å². The minimum Gasteiger partial charge on any atom is -0.356 e. The van der Waals surface area contributed by atoms with E-state index in [1.165, 1.54) is 23.5 Å². The first-order chi connectivity index (χ1) is 10.5. The Hall–Kier alpha value is -1.44. The van der Waals surface area contributed by atoms with Crippen molar-refractivity contribution in [3.8, 4) is 0 Å². The molecule has 0 saturated heterocycles. The van der Waals surface area contributed by atoms with E-state index in [4.69, 9.17) is 11.6 Å². The number of hydrogen-bond donors (Lipinski definition) is 1. The van der Waals surface area contributed by atoms with Crippen molar-refractivity contribution in [3.63, 3.8) is 0 Å². The number of hydrogen-bond acceptors (Lipinski definition) is 5. The zero-order chi connectivity index (χ0) is 16.0. The molecule has 5 nitrogen and oxygen atoms in total. The molecule has 0 aliphatic rings. The average Bonchev–Trinajstić information content (AvgIpc) is 2.99.